The molecule has 1 spiro atoms. The lowest BCUT2D eigenvalue weighted by atomic mass is 10.1. The van der Waals surface area contributed by atoms with Crippen LogP contribution in [0.2, 0.25) is 0 Å². The molecule has 212 valence electrons. The monoisotopic (exact) mass is 559 g/mol. The number of anilines is 4. The highest BCUT2D eigenvalue weighted by molar-refractivity contribution is 6.33. The van der Waals surface area contributed by atoms with E-state index in [9.17, 15) is 9.59 Å². The lowest BCUT2D eigenvalue weighted by molar-refractivity contribution is -0.121. The summed E-state index contributed by atoms with van der Waals surface area (Å²) in [6, 6.07) is 28.6. The van der Waals surface area contributed by atoms with Crippen LogP contribution in [0.1, 0.15) is 22.3 Å². The Bertz CT molecular complexity index is 1670. The third-order valence-electron chi connectivity index (χ3n) is 8.13. The van der Waals surface area contributed by atoms with Crippen LogP contribution in [0.15, 0.2) is 97.1 Å². The van der Waals surface area contributed by atoms with Crippen LogP contribution in [-0.2, 0) is 9.59 Å². The predicted octanol–water partition coefficient (Wildman–Crippen LogP) is 5.43. The third-order valence-corrected chi connectivity index (χ3v) is 8.13. The van der Waals surface area contributed by atoms with Crippen LogP contribution in [0.3, 0.4) is 0 Å². The van der Waals surface area contributed by atoms with Crippen LogP contribution in [-0.4, -0.2) is 36.2 Å². The maximum Gasteiger partial charge on any atom is 0.339 e. The van der Waals surface area contributed by atoms with Crippen molar-refractivity contribution in [3.05, 3.63) is 119 Å². The summed E-state index contributed by atoms with van der Waals surface area (Å²) in [7, 11) is 0. The molecule has 6 rings (SSSR count). The molecule has 0 bridgehead atoms. The molecule has 4 aromatic carbocycles. The fourth-order valence-electron chi connectivity index (χ4n) is 5.94. The molecule has 0 saturated carbocycles. The first-order valence-electron chi connectivity index (χ1n) is 13.9. The first kappa shape index (κ1) is 27.1. The number of hydrogen-bond acceptors (Lipinski definition) is 5. The summed E-state index contributed by atoms with van der Waals surface area (Å²) in [5.41, 5.74) is 12.4. The van der Waals surface area contributed by atoms with Gasteiger partial charge in [0.25, 0.3) is 5.79 Å². The molecule has 2 N–H and O–H groups in total. The third kappa shape index (κ3) is 4.10. The van der Waals surface area contributed by atoms with Crippen LogP contribution in [0.25, 0.3) is 0 Å². The minimum Gasteiger partial charge on any atom is -0.368 e. The summed E-state index contributed by atoms with van der Waals surface area (Å²) in [6.07, 6.45) is 0. The smallest absolute Gasteiger partial charge is 0.339 e. The van der Waals surface area contributed by atoms with E-state index in [-0.39, 0.29) is 6.54 Å². The number of carbonyl (C=O) groups is 3. The van der Waals surface area contributed by atoms with Crippen molar-refractivity contribution in [2.75, 3.05) is 26.1 Å². The molecule has 2 atom stereocenters. The second kappa shape index (κ2) is 10.1. The quantitative estimate of drug-likeness (QED) is 0.330. The van der Waals surface area contributed by atoms with Crippen molar-refractivity contribution in [3.8, 4) is 0 Å². The maximum absolute atomic E-state index is 15.2. The number of primary amides is 1. The molecule has 0 radical (unpaired) electrons. The van der Waals surface area contributed by atoms with E-state index in [2.05, 4.69) is 0 Å². The summed E-state index contributed by atoms with van der Waals surface area (Å²) < 4.78 is 0. The fourth-order valence-corrected chi connectivity index (χ4v) is 5.94. The maximum atomic E-state index is 15.2. The Morgan fingerprint density at radius 3 is 1.50 bits per heavy atom. The zero-order valence-electron chi connectivity index (χ0n) is 24.1. The standard InChI is InChI=1S/C34H33N5O3/c1-22-5-13-26(14-6-22)36-21-30(31(35)40)38(28-17-9-24(3)10-18-28)34(36)32(41)37(27-15-7-23(2)8-16-27)33(42)39(34)29-19-11-25(4)12-20-29/h5-20,30H,21H2,1-4H3,(H2,35,40). The number of aryl methyl sites for hydroxylation is 4. The Morgan fingerprint density at radius 1 is 0.643 bits per heavy atom. The molecule has 0 aliphatic carbocycles. The molecule has 4 amide bonds. The van der Waals surface area contributed by atoms with E-state index in [1.54, 1.807) is 17.0 Å². The van der Waals surface area contributed by atoms with Crippen LogP contribution in [0.4, 0.5) is 27.5 Å². The number of imide groups is 1. The number of benzene rings is 4. The van der Waals surface area contributed by atoms with E-state index < -0.39 is 29.7 Å². The van der Waals surface area contributed by atoms with E-state index in [0.717, 1.165) is 22.3 Å². The van der Waals surface area contributed by atoms with Crippen LogP contribution in [0.5, 0.6) is 0 Å². The largest absolute Gasteiger partial charge is 0.368 e. The average Bonchev–Trinajstić information content (AvgIpc) is 3.43. The van der Waals surface area contributed by atoms with Crippen molar-refractivity contribution in [3.63, 3.8) is 0 Å². The zero-order chi connectivity index (χ0) is 29.8. The summed E-state index contributed by atoms with van der Waals surface area (Å²) in [5, 5.41) is 0. The molecule has 2 fully saturated rings. The second-order valence-corrected chi connectivity index (χ2v) is 11.1. The van der Waals surface area contributed by atoms with Crippen LogP contribution < -0.4 is 25.3 Å². The highest BCUT2D eigenvalue weighted by Crippen LogP contribution is 2.48. The number of rotatable bonds is 5. The SMILES string of the molecule is Cc1ccc(N2C(=O)N(c3ccc(C)cc3)C3(C2=O)N(c2ccc(C)cc2)CC(C(N)=O)N3c2ccc(C)cc2)cc1. The van der Waals surface area contributed by atoms with E-state index in [1.807, 2.05) is 118 Å². The van der Waals surface area contributed by atoms with Gasteiger partial charge in [-0.3, -0.25) is 9.59 Å². The van der Waals surface area contributed by atoms with Gasteiger partial charge in [0.15, 0.2) is 0 Å². The second-order valence-electron chi connectivity index (χ2n) is 11.1. The number of nitrogens with zero attached hydrogens (tertiary/aromatic N) is 4. The lowest BCUT2D eigenvalue weighted by Crippen LogP contribution is -2.69. The van der Waals surface area contributed by atoms with Crippen molar-refractivity contribution in [1.82, 2.24) is 0 Å². The lowest BCUT2D eigenvalue weighted by Gasteiger charge is -2.45. The molecule has 2 unspecified atom stereocenters. The Kier molecular flexibility index (Phi) is 6.49. The van der Waals surface area contributed by atoms with Gasteiger partial charge in [0.1, 0.15) is 6.04 Å². The van der Waals surface area contributed by atoms with Gasteiger partial charge in [0, 0.05) is 11.4 Å². The van der Waals surface area contributed by atoms with Crippen molar-refractivity contribution in [2.45, 2.75) is 39.5 Å². The summed E-state index contributed by atoms with van der Waals surface area (Å²) in [6.45, 7) is 7.95. The molecular formula is C34H33N5O3. The molecule has 2 aliphatic rings. The van der Waals surface area contributed by atoms with E-state index in [0.29, 0.717) is 22.7 Å². The van der Waals surface area contributed by atoms with Crippen LogP contribution in [0, 0.1) is 27.7 Å². The first-order chi connectivity index (χ1) is 20.1. The number of hydrogen-bond donors (Lipinski definition) is 1. The Hall–Kier alpha value is -5.11. The van der Waals surface area contributed by atoms with Gasteiger partial charge in [-0.25, -0.2) is 14.6 Å². The van der Waals surface area contributed by atoms with Gasteiger partial charge in [0.2, 0.25) is 5.91 Å². The molecule has 2 saturated heterocycles. The Balaban J connectivity index is 1.69. The van der Waals surface area contributed by atoms with Crippen molar-refractivity contribution in [2.24, 2.45) is 5.73 Å². The van der Waals surface area contributed by atoms with Crippen molar-refractivity contribution in [1.29, 1.82) is 0 Å². The molecule has 8 heteroatoms. The van der Waals surface area contributed by atoms with Gasteiger partial charge in [-0.05, 0) is 76.2 Å². The summed E-state index contributed by atoms with van der Waals surface area (Å²) in [5.74, 6) is -2.87. The first-order valence-corrected chi connectivity index (χ1v) is 13.9. The minimum absolute atomic E-state index is 0.0926. The normalized spacial score (nSPS) is 20.2. The van der Waals surface area contributed by atoms with Crippen molar-refractivity contribution < 1.29 is 14.4 Å². The van der Waals surface area contributed by atoms with Gasteiger partial charge in [-0.2, -0.15) is 0 Å². The van der Waals surface area contributed by atoms with Crippen molar-refractivity contribution >= 4 is 40.6 Å². The van der Waals surface area contributed by atoms with E-state index >= 15 is 4.79 Å². The van der Waals surface area contributed by atoms with Gasteiger partial charge in [-0.1, -0.05) is 70.8 Å². The number of carbonyl (C=O) groups excluding carboxylic acids is 3. The highest BCUT2D eigenvalue weighted by atomic mass is 16.2. The van der Waals surface area contributed by atoms with Gasteiger partial charge in [-0.15, -0.1) is 0 Å². The highest BCUT2D eigenvalue weighted by Gasteiger charge is 2.71. The predicted molar refractivity (Wildman–Crippen MR) is 166 cm³/mol. The molecule has 4 aromatic rings. The van der Waals surface area contributed by atoms with Crippen LogP contribution >= 0.6 is 0 Å². The van der Waals surface area contributed by atoms with Gasteiger partial charge < -0.3 is 15.5 Å². The van der Waals surface area contributed by atoms with E-state index in [4.69, 9.17) is 5.73 Å². The summed E-state index contributed by atoms with van der Waals surface area (Å²) >= 11 is 0. The molecule has 42 heavy (non-hydrogen) atoms. The number of nitrogens with two attached hydrogens (primary N) is 1. The van der Waals surface area contributed by atoms with E-state index in [1.165, 1.54) is 9.80 Å². The molecule has 0 aromatic heterocycles. The average molecular weight is 560 g/mol. The molecule has 2 heterocycles. The minimum atomic E-state index is -1.78. The fraction of sp³-hybridized carbons (Fsp3) is 0.206. The van der Waals surface area contributed by atoms with Gasteiger partial charge in [0.05, 0.1) is 17.9 Å². The zero-order valence-corrected chi connectivity index (χ0v) is 24.1. The molecule has 8 nitrogen and oxygen atoms in total. The molecule has 2 aliphatic heterocycles. The molecular weight excluding hydrogens is 526 g/mol. The Morgan fingerprint density at radius 2 is 1.05 bits per heavy atom. The topological polar surface area (TPSA) is 90.2 Å². The summed E-state index contributed by atoms with van der Waals surface area (Å²) in [4.78, 5) is 49.3. The number of urea groups is 1. The number of amides is 4. The Labute approximate surface area is 245 Å². The van der Waals surface area contributed by atoms with Gasteiger partial charge >= 0.3 is 11.9 Å².